The van der Waals surface area contributed by atoms with Gasteiger partial charge in [-0.1, -0.05) is 58.8 Å². The smallest absolute Gasteiger partial charge is 0.214 e. The Kier molecular flexibility index (Phi) is 4.16. The second kappa shape index (κ2) is 6.08. The Hall–Kier alpha value is -1.88. The average molecular weight is 349 g/mol. The third-order valence-corrected chi connectivity index (χ3v) is 4.56. The molecule has 2 N–H and O–H groups in total. The summed E-state index contributed by atoms with van der Waals surface area (Å²) < 4.78 is 0. The van der Waals surface area contributed by atoms with E-state index in [2.05, 4.69) is 4.98 Å². The maximum Gasteiger partial charge on any atom is 0.214 e. The molecule has 0 saturated heterocycles. The molecule has 0 fully saturated rings. The summed E-state index contributed by atoms with van der Waals surface area (Å²) in [5.41, 5.74) is 7.29. The molecule has 0 amide bonds. The Labute approximate surface area is 141 Å². The van der Waals surface area contributed by atoms with Gasteiger partial charge in [-0.25, -0.2) is 4.98 Å². The van der Waals surface area contributed by atoms with Gasteiger partial charge >= 0.3 is 0 Å². The van der Waals surface area contributed by atoms with Crippen LogP contribution in [0.25, 0.3) is 10.4 Å². The number of nitrogen functional groups attached to an aromatic ring is 1. The first-order chi connectivity index (χ1) is 10.6. The van der Waals surface area contributed by atoms with E-state index in [0.29, 0.717) is 25.6 Å². The molecule has 3 aromatic rings. The van der Waals surface area contributed by atoms with Crippen molar-refractivity contribution in [2.45, 2.75) is 0 Å². The van der Waals surface area contributed by atoms with Crippen LogP contribution in [0.4, 0.5) is 5.13 Å². The molecule has 0 aliphatic carbocycles. The van der Waals surface area contributed by atoms with Gasteiger partial charge in [0.05, 0.1) is 9.90 Å². The second-order valence-corrected chi connectivity index (χ2v) is 6.42. The van der Waals surface area contributed by atoms with Gasteiger partial charge in [0.2, 0.25) is 5.78 Å². The number of halogens is 2. The van der Waals surface area contributed by atoms with Crippen molar-refractivity contribution in [2.75, 3.05) is 5.73 Å². The fourth-order valence-electron chi connectivity index (χ4n) is 2.09. The summed E-state index contributed by atoms with van der Waals surface area (Å²) in [5, 5.41) is 1.29. The molecular weight excluding hydrogens is 339 g/mol. The van der Waals surface area contributed by atoms with Gasteiger partial charge in [0.25, 0.3) is 0 Å². The van der Waals surface area contributed by atoms with Gasteiger partial charge in [-0.05, 0) is 29.8 Å². The van der Waals surface area contributed by atoms with Crippen molar-refractivity contribution >= 4 is 45.5 Å². The van der Waals surface area contributed by atoms with Gasteiger partial charge in [-0.2, -0.15) is 0 Å². The molecule has 1 heterocycles. The molecule has 3 rings (SSSR count). The maximum absolute atomic E-state index is 12.7. The summed E-state index contributed by atoms with van der Waals surface area (Å²) in [7, 11) is 0. The molecule has 0 bridgehead atoms. The summed E-state index contributed by atoms with van der Waals surface area (Å²) in [6, 6.07) is 14.1. The zero-order valence-electron chi connectivity index (χ0n) is 11.2. The molecule has 0 aliphatic rings. The van der Waals surface area contributed by atoms with Crippen LogP contribution in [0.3, 0.4) is 0 Å². The van der Waals surface area contributed by atoms with Gasteiger partial charge in [0, 0.05) is 10.6 Å². The van der Waals surface area contributed by atoms with Crippen LogP contribution >= 0.6 is 34.5 Å². The zero-order valence-corrected chi connectivity index (χ0v) is 13.5. The summed E-state index contributed by atoms with van der Waals surface area (Å²) >= 11 is 13.4. The second-order valence-electron chi connectivity index (χ2n) is 4.55. The van der Waals surface area contributed by atoms with Gasteiger partial charge in [-0.3, -0.25) is 4.79 Å². The highest BCUT2D eigenvalue weighted by Crippen LogP contribution is 2.35. The average Bonchev–Trinajstić information content (AvgIpc) is 2.89. The van der Waals surface area contributed by atoms with Crippen molar-refractivity contribution in [3.63, 3.8) is 0 Å². The van der Waals surface area contributed by atoms with Crippen LogP contribution in [0.15, 0.2) is 48.5 Å². The first-order valence-corrected chi connectivity index (χ1v) is 7.95. The van der Waals surface area contributed by atoms with E-state index in [9.17, 15) is 4.79 Å². The number of carbonyl (C=O) groups excluding carboxylic acids is 1. The standard InChI is InChI=1S/C16H10Cl2N2OS/c17-10-5-3-4-9(8-10)15-13(20-16(19)22-15)14(21)11-6-1-2-7-12(11)18/h1-8H,(H2,19,20). The number of hydrogen-bond acceptors (Lipinski definition) is 4. The van der Waals surface area contributed by atoms with Gasteiger partial charge < -0.3 is 5.73 Å². The fraction of sp³-hybridized carbons (Fsp3) is 0. The minimum atomic E-state index is -0.256. The number of nitrogens with two attached hydrogens (primary N) is 1. The van der Waals surface area contributed by atoms with E-state index in [4.69, 9.17) is 28.9 Å². The van der Waals surface area contributed by atoms with Gasteiger partial charge in [0.15, 0.2) is 5.13 Å². The lowest BCUT2D eigenvalue weighted by Crippen LogP contribution is -2.04. The van der Waals surface area contributed by atoms with Crippen LogP contribution < -0.4 is 5.73 Å². The normalized spacial score (nSPS) is 10.6. The number of hydrogen-bond donors (Lipinski definition) is 1. The van der Waals surface area contributed by atoms with Crippen LogP contribution in [0, 0.1) is 0 Å². The Bertz CT molecular complexity index is 861. The molecule has 6 heteroatoms. The highest BCUT2D eigenvalue weighted by Gasteiger charge is 2.21. The predicted molar refractivity (Wildman–Crippen MR) is 91.9 cm³/mol. The quantitative estimate of drug-likeness (QED) is 0.682. The number of benzene rings is 2. The van der Waals surface area contributed by atoms with Crippen LogP contribution in [0.1, 0.15) is 16.1 Å². The number of ketones is 1. The van der Waals surface area contributed by atoms with E-state index in [0.717, 1.165) is 5.56 Å². The highest BCUT2D eigenvalue weighted by atomic mass is 35.5. The van der Waals surface area contributed by atoms with E-state index in [1.807, 2.05) is 12.1 Å². The molecule has 110 valence electrons. The number of rotatable bonds is 3. The molecule has 0 atom stereocenters. The first-order valence-electron chi connectivity index (χ1n) is 6.37. The van der Waals surface area contributed by atoms with Gasteiger partial charge in [0.1, 0.15) is 5.69 Å². The third kappa shape index (κ3) is 2.86. The lowest BCUT2D eigenvalue weighted by Gasteiger charge is -2.04. The number of anilines is 1. The summed E-state index contributed by atoms with van der Waals surface area (Å²) in [4.78, 5) is 17.6. The van der Waals surface area contributed by atoms with Crippen LogP contribution in [0.5, 0.6) is 0 Å². The van der Waals surface area contributed by atoms with Crippen molar-refractivity contribution < 1.29 is 4.79 Å². The molecular formula is C16H10Cl2N2OS. The van der Waals surface area contributed by atoms with Gasteiger partial charge in [-0.15, -0.1) is 0 Å². The first kappa shape index (κ1) is 15.0. The Balaban J connectivity index is 2.13. The summed E-state index contributed by atoms with van der Waals surface area (Å²) in [6.45, 7) is 0. The summed E-state index contributed by atoms with van der Waals surface area (Å²) in [5.74, 6) is -0.256. The minimum absolute atomic E-state index is 0.256. The number of thiazole rings is 1. The zero-order chi connectivity index (χ0) is 15.7. The lowest BCUT2D eigenvalue weighted by atomic mass is 10.0. The number of nitrogens with zero attached hydrogens (tertiary/aromatic N) is 1. The molecule has 0 unspecified atom stereocenters. The van der Waals surface area contributed by atoms with E-state index in [1.54, 1.807) is 36.4 Å². The lowest BCUT2D eigenvalue weighted by molar-refractivity contribution is 0.103. The highest BCUT2D eigenvalue weighted by molar-refractivity contribution is 7.19. The van der Waals surface area contributed by atoms with E-state index in [1.165, 1.54) is 11.3 Å². The van der Waals surface area contributed by atoms with Crippen molar-refractivity contribution in [1.29, 1.82) is 0 Å². The number of carbonyl (C=O) groups is 1. The minimum Gasteiger partial charge on any atom is -0.375 e. The molecule has 3 nitrogen and oxygen atoms in total. The molecule has 0 spiro atoms. The van der Waals surface area contributed by atoms with Crippen molar-refractivity contribution in [1.82, 2.24) is 4.98 Å². The van der Waals surface area contributed by atoms with Crippen molar-refractivity contribution in [2.24, 2.45) is 0 Å². The van der Waals surface area contributed by atoms with Crippen LogP contribution in [0.2, 0.25) is 10.0 Å². The topological polar surface area (TPSA) is 56.0 Å². The van der Waals surface area contributed by atoms with E-state index >= 15 is 0 Å². The Morgan fingerprint density at radius 2 is 1.86 bits per heavy atom. The molecule has 0 radical (unpaired) electrons. The molecule has 0 aliphatic heterocycles. The molecule has 2 aromatic carbocycles. The SMILES string of the molecule is Nc1nc(C(=O)c2ccccc2Cl)c(-c2cccc(Cl)c2)s1. The largest absolute Gasteiger partial charge is 0.375 e. The monoisotopic (exact) mass is 348 g/mol. The third-order valence-electron chi connectivity index (χ3n) is 3.06. The number of aromatic nitrogens is 1. The van der Waals surface area contributed by atoms with Crippen molar-refractivity contribution in [3.8, 4) is 10.4 Å². The van der Waals surface area contributed by atoms with Crippen LogP contribution in [-0.2, 0) is 0 Å². The maximum atomic E-state index is 12.7. The molecule has 1 aromatic heterocycles. The fourth-order valence-corrected chi connectivity index (χ4v) is 3.33. The Morgan fingerprint density at radius 3 is 2.59 bits per heavy atom. The Morgan fingerprint density at radius 1 is 1.09 bits per heavy atom. The molecule has 22 heavy (non-hydrogen) atoms. The summed E-state index contributed by atoms with van der Waals surface area (Å²) in [6.07, 6.45) is 0. The predicted octanol–water partition coefficient (Wildman–Crippen LogP) is 4.93. The molecule has 0 saturated carbocycles. The van der Waals surface area contributed by atoms with E-state index < -0.39 is 0 Å². The van der Waals surface area contributed by atoms with E-state index in [-0.39, 0.29) is 11.5 Å². The van der Waals surface area contributed by atoms with Crippen molar-refractivity contribution in [3.05, 3.63) is 69.8 Å². The van der Waals surface area contributed by atoms with Crippen LogP contribution in [-0.4, -0.2) is 10.8 Å².